The lowest BCUT2D eigenvalue weighted by Crippen LogP contribution is -2.31. The van der Waals surface area contributed by atoms with Crippen LogP contribution in [0.1, 0.15) is 50.0 Å². The van der Waals surface area contributed by atoms with Gasteiger partial charge in [-0.25, -0.2) is 8.42 Å². The molecule has 0 heterocycles. The molecule has 0 saturated heterocycles. The Bertz CT molecular complexity index is 635. The summed E-state index contributed by atoms with van der Waals surface area (Å²) in [6.07, 6.45) is 0.891. The molecule has 130 valence electrons. The van der Waals surface area contributed by atoms with Crippen LogP contribution in [0.4, 0.5) is 0 Å². The molecule has 5 nitrogen and oxygen atoms in total. The number of amides is 1. The Morgan fingerprint density at radius 3 is 2.35 bits per heavy atom. The van der Waals surface area contributed by atoms with Crippen LogP contribution in [0.5, 0.6) is 0 Å². The second-order valence-electron chi connectivity index (χ2n) is 6.00. The van der Waals surface area contributed by atoms with E-state index in [2.05, 4.69) is 19.2 Å². The van der Waals surface area contributed by atoms with E-state index in [1.807, 2.05) is 6.92 Å². The van der Waals surface area contributed by atoms with Crippen LogP contribution in [0.25, 0.3) is 0 Å². The van der Waals surface area contributed by atoms with Gasteiger partial charge in [-0.3, -0.25) is 4.79 Å². The van der Waals surface area contributed by atoms with Crippen molar-refractivity contribution < 1.29 is 13.2 Å². The number of nitrogens with zero attached hydrogens (tertiary/aromatic N) is 1. The summed E-state index contributed by atoms with van der Waals surface area (Å²) in [5.74, 6) is 0.283. The predicted octanol–water partition coefficient (Wildman–Crippen LogP) is 2.80. The highest BCUT2D eigenvalue weighted by molar-refractivity contribution is 7.89. The van der Waals surface area contributed by atoms with E-state index in [-0.39, 0.29) is 10.8 Å². The van der Waals surface area contributed by atoms with Crippen LogP contribution >= 0.6 is 0 Å². The Balaban J connectivity index is 3.06. The van der Waals surface area contributed by atoms with Gasteiger partial charge in [0.25, 0.3) is 5.91 Å². The zero-order chi connectivity index (χ0) is 17.6. The average Bonchev–Trinajstić information content (AvgIpc) is 2.47. The highest BCUT2D eigenvalue weighted by Crippen LogP contribution is 2.19. The molecule has 1 aromatic rings. The standard InChI is InChI=1S/C17H28N2O3S/c1-6-19(7-2)23(21,22)15-9-8-14(5)16(12-15)17(20)18-11-10-13(3)4/h8-9,12-13H,6-7,10-11H2,1-5H3,(H,18,20). The van der Waals surface area contributed by atoms with E-state index in [0.717, 1.165) is 12.0 Å². The third-order valence-corrected chi connectivity index (χ3v) is 5.85. The molecule has 0 aliphatic heterocycles. The fourth-order valence-electron chi connectivity index (χ4n) is 2.29. The Labute approximate surface area is 140 Å². The van der Waals surface area contributed by atoms with Crippen LogP contribution in [-0.2, 0) is 10.0 Å². The van der Waals surface area contributed by atoms with Gasteiger partial charge in [-0.15, -0.1) is 0 Å². The first-order valence-corrected chi connectivity index (χ1v) is 9.57. The second kappa shape index (κ2) is 8.45. The minimum atomic E-state index is -3.55. The molecule has 0 aliphatic carbocycles. The van der Waals surface area contributed by atoms with E-state index in [9.17, 15) is 13.2 Å². The van der Waals surface area contributed by atoms with Gasteiger partial charge < -0.3 is 5.32 Å². The Morgan fingerprint density at radius 2 is 1.83 bits per heavy atom. The number of hydrogen-bond acceptors (Lipinski definition) is 3. The highest BCUT2D eigenvalue weighted by Gasteiger charge is 2.23. The molecule has 0 atom stereocenters. The molecule has 0 radical (unpaired) electrons. The molecule has 23 heavy (non-hydrogen) atoms. The maximum atomic E-state index is 12.6. The van der Waals surface area contributed by atoms with E-state index < -0.39 is 10.0 Å². The van der Waals surface area contributed by atoms with Gasteiger partial charge in [0.15, 0.2) is 0 Å². The number of benzene rings is 1. The molecular formula is C17H28N2O3S. The minimum Gasteiger partial charge on any atom is -0.352 e. The lowest BCUT2D eigenvalue weighted by Gasteiger charge is -2.19. The summed E-state index contributed by atoms with van der Waals surface area (Å²) in [4.78, 5) is 12.5. The number of carbonyl (C=O) groups excluding carboxylic acids is 1. The molecule has 6 heteroatoms. The van der Waals surface area contributed by atoms with Crippen molar-refractivity contribution in [3.63, 3.8) is 0 Å². The largest absolute Gasteiger partial charge is 0.352 e. The fourth-order valence-corrected chi connectivity index (χ4v) is 3.77. The van der Waals surface area contributed by atoms with Crippen molar-refractivity contribution in [3.8, 4) is 0 Å². The first-order valence-electron chi connectivity index (χ1n) is 8.13. The molecule has 0 unspecified atom stereocenters. The molecule has 0 bridgehead atoms. The van der Waals surface area contributed by atoms with Crippen molar-refractivity contribution in [2.75, 3.05) is 19.6 Å². The molecule has 0 fully saturated rings. The minimum absolute atomic E-state index is 0.167. The van der Waals surface area contributed by atoms with E-state index in [1.54, 1.807) is 26.0 Å². The summed E-state index contributed by atoms with van der Waals surface area (Å²) in [5, 5.41) is 2.86. The summed E-state index contributed by atoms with van der Waals surface area (Å²) in [6, 6.07) is 4.73. The van der Waals surface area contributed by atoms with Gasteiger partial charge in [0.2, 0.25) is 10.0 Å². The molecule has 1 rings (SSSR count). The normalized spacial score (nSPS) is 12.0. The quantitative estimate of drug-likeness (QED) is 0.791. The number of hydrogen-bond donors (Lipinski definition) is 1. The first kappa shape index (κ1) is 19.6. The van der Waals surface area contributed by atoms with Gasteiger partial charge in [0.1, 0.15) is 0 Å². The average molecular weight is 340 g/mol. The Kier molecular flexibility index (Phi) is 7.22. The molecule has 0 saturated carbocycles. The topological polar surface area (TPSA) is 66.5 Å². The van der Waals surface area contributed by atoms with Gasteiger partial charge >= 0.3 is 0 Å². The van der Waals surface area contributed by atoms with Crippen LogP contribution in [0.15, 0.2) is 23.1 Å². The van der Waals surface area contributed by atoms with Crippen molar-refractivity contribution in [1.29, 1.82) is 0 Å². The molecule has 0 spiro atoms. The number of sulfonamides is 1. The van der Waals surface area contributed by atoms with Crippen LogP contribution in [0.2, 0.25) is 0 Å². The summed E-state index contributed by atoms with van der Waals surface area (Å²) >= 11 is 0. The second-order valence-corrected chi connectivity index (χ2v) is 7.94. The lowest BCUT2D eigenvalue weighted by molar-refractivity contribution is 0.0951. The Hall–Kier alpha value is -1.40. The number of aryl methyl sites for hydroxylation is 1. The zero-order valence-electron chi connectivity index (χ0n) is 14.7. The molecule has 0 aromatic heterocycles. The first-order chi connectivity index (χ1) is 10.7. The highest BCUT2D eigenvalue weighted by atomic mass is 32.2. The number of carbonyl (C=O) groups is 1. The van der Waals surface area contributed by atoms with Gasteiger partial charge in [0.05, 0.1) is 4.90 Å². The van der Waals surface area contributed by atoms with E-state index >= 15 is 0 Å². The molecular weight excluding hydrogens is 312 g/mol. The van der Waals surface area contributed by atoms with Crippen molar-refractivity contribution in [2.45, 2.75) is 45.9 Å². The van der Waals surface area contributed by atoms with E-state index in [1.165, 1.54) is 10.4 Å². The third kappa shape index (κ3) is 5.04. The monoisotopic (exact) mass is 340 g/mol. The fraction of sp³-hybridized carbons (Fsp3) is 0.588. The van der Waals surface area contributed by atoms with Crippen LogP contribution in [-0.4, -0.2) is 38.3 Å². The van der Waals surface area contributed by atoms with Crippen molar-refractivity contribution in [1.82, 2.24) is 9.62 Å². The maximum absolute atomic E-state index is 12.6. The van der Waals surface area contributed by atoms with Crippen molar-refractivity contribution >= 4 is 15.9 Å². The molecule has 1 aromatic carbocycles. The lowest BCUT2D eigenvalue weighted by atomic mass is 10.1. The van der Waals surface area contributed by atoms with E-state index in [0.29, 0.717) is 31.1 Å². The predicted molar refractivity (Wildman–Crippen MR) is 93.1 cm³/mol. The smallest absolute Gasteiger partial charge is 0.251 e. The summed E-state index contributed by atoms with van der Waals surface area (Å²) in [6.45, 7) is 11.0. The van der Waals surface area contributed by atoms with Gasteiger partial charge in [-0.1, -0.05) is 33.8 Å². The Morgan fingerprint density at radius 1 is 1.22 bits per heavy atom. The molecule has 1 N–H and O–H groups in total. The SMILES string of the molecule is CCN(CC)S(=O)(=O)c1ccc(C)c(C(=O)NCCC(C)C)c1. The third-order valence-electron chi connectivity index (χ3n) is 3.80. The number of rotatable bonds is 8. The van der Waals surface area contributed by atoms with Crippen LogP contribution < -0.4 is 5.32 Å². The van der Waals surface area contributed by atoms with Crippen molar-refractivity contribution in [2.24, 2.45) is 5.92 Å². The van der Waals surface area contributed by atoms with Gasteiger partial charge in [-0.2, -0.15) is 4.31 Å². The van der Waals surface area contributed by atoms with E-state index in [4.69, 9.17) is 0 Å². The van der Waals surface area contributed by atoms with Crippen molar-refractivity contribution in [3.05, 3.63) is 29.3 Å². The summed E-state index contributed by atoms with van der Waals surface area (Å²) in [7, 11) is -3.55. The summed E-state index contributed by atoms with van der Waals surface area (Å²) < 4.78 is 26.5. The van der Waals surface area contributed by atoms with Crippen LogP contribution in [0.3, 0.4) is 0 Å². The van der Waals surface area contributed by atoms with Gasteiger partial charge in [-0.05, 0) is 37.0 Å². The summed E-state index contributed by atoms with van der Waals surface area (Å²) in [5.41, 5.74) is 1.19. The molecule has 0 aliphatic rings. The maximum Gasteiger partial charge on any atom is 0.251 e. The molecule has 1 amide bonds. The zero-order valence-corrected chi connectivity index (χ0v) is 15.5. The van der Waals surface area contributed by atoms with Gasteiger partial charge in [0, 0.05) is 25.2 Å². The van der Waals surface area contributed by atoms with Crippen LogP contribution in [0, 0.1) is 12.8 Å². The number of nitrogens with one attached hydrogen (secondary N) is 1.